The van der Waals surface area contributed by atoms with E-state index in [2.05, 4.69) is 4.98 Å². The van der Waals surface area contributed by atoms with Crippen molar-refractivity contribution in [1.29, 1.82) is 0 Å². The number of Topliss-reactive ketones (excluding diaryl/α,β-unsaturated/α-hetero) is 1. The molecule has 29 heavy (non-hydrogen) atoms. The van der Waals surface area contributed by atoms with E-state index in [1.54, 1.807) is 10.6 Å². The highest BCUT2D eigenvalue weighted by molar-refractivity contribution is 7.99. The number of para-hydroxylation sites is 2. The van der Waals surface area contributed by atoms with Crippen LogP contribution in [-0.4, -0.2) is 21.1 Å². The van der Waals surface area contributed by atoms with Gasteiger partial charge in [0.2, 0.25) is 0 Å². The summed E-state index contributed by atoms with van der Waals surface area (Å²) < 4.78 is 1.59. The molecule has 5 heteroatoms. The zero-order valence-electron chi connectivity index (χ0n) is 16.3. The fraction of sp³-hybridized carbons (Fsp3) is 0.125. The Kier molecular flexibility index (Phi) is 5.32. The molecule has 1 heterocycles. The number of thioether (sulfide) groups is 1. The van der Waals surface area contributed by atoms with Crippen LogP contribution in [0.1, 0.15) is 21.5 Å². The Morgan fingerprint density at radius 1 is 0.966 bits per heavy atom. The molecule has 144 valence electrons. The topological polar surface area (TPSA) is 52.0 Å². The van der Waals surface area contributed by atoms with Gasteiger partial charge < -0.3 is 0 Å². The Balaban J connectivity index is 1.75. The molecule has 4 aromatic rings. The van der Waals surface area contributed by atoms with E-state index in [4.69, 9.17) is 0 Å². The first-order chi connectivity index (χ1) is 14.0. The predicted octanol–water partition coefficient (Wildman–Crippen LogP) is 4.98. The first kappa shape index (κ1) is 19.2. The summed E-state index contributed by atoms with van der Waals surface area (Å²) in [6.45, 7) is 3.95. The third-order valence-corrected chi connectivity index (χ3v) is 5.71. The molecule has 0 saturated heterocycles. The van der Waals surface area contributed by atoms with Gasteiger partial charge in [-0.3, -0.25) is 14.2 Å². The summed E-state index contributed by atoms with van der Waals surface area (Å²) in [5, 5.41) is 1.07. The lowest BCUT2D eigenvalue weighted by molar-refractivity contribution is 0.102. The highest BCUT2D eigenvalue weighted by Crippen LogP contribution is 2.23. The normalized spacial score (nSPS) is 11.0. The van der Waals surface area contributed by atoms with Crippen molar-refractivity contribution in [3.63, 3.8) is 0 Å². The maximum Gasteiger partial charge on any atom is 0.266 e. The standard InChI is InChI=1S/C24H20N2O2S/c1-16-12-13-19(17(2)14-16)22(27)15-29-24-25-21-11-7-6-10-20(21)23(28)26(24)18-8-4-3-5-9-18/h3-14H,15H2,1-2H3. The first-order valence-electron chi connectivity index (χ1n) is 9.35. The quantitative estimate of drug-likeness (QED) is 0.269. The van der Waals surface area contributed by atoms with E-state index < -0.39 is 0 Å². The van der Waals surface area contributed by atoms with Gasteiger partial charge in [-0.1, -0.05) is 65.9 Å². The number of hydrogen-bond acceptors (Lipinski definition) is 4. The molecular weight excluding hydrogens is 380 g/mol. The minimum Gasteiger partial charge on any atom is -0.293 e. The third-order valence-electron chi connectivity index (χ3n) is 4.77. The van der Waals surface area contributed by atoms with Crippen LogP contribution in [0.15, 0.2) is 82.7 Å². The molecule has 0 fully saturated rings. The molecule has 4 rings (SSSR count). The van der Waals surface area contributed by atoms with Crippen LogP contribution < -0.4 is 5.56 Å². The second-order valence-corrected chi connectivity index (χ2v) is 7.86. The highest BCUT2D eigenvalue weighted by atomic mass is 32.2. The monoisotopic (exact) mass is 400 g/mol. The number of aromatic nitrogens is 2. The fourth-order valence-corrected chi connectivity index (χ4v) is 4.24. The van der Waals surface area contributed by atoms with Crippen LogP contribution in [0.4, 0.5) is 0 Å². The average Bonchev–Trinajstić information content (AvgIpc) is 2.73. The number of ketones is 1. The molecule has 0 unspecified atom stereocenters. The largest absolute Gasteiger partial charge is 0.293 e. The molecule has 0 bridgehead atoms. The van der Waals surface area contributed by atoms with Crippen molar-refractivity contribution in [2.24, 2.45) is 0 Å². The van der Waals surface area contributed by atoms with Crippen LogP contribution in [0, 0.1) is 13.8 Å². The van der Waals surface area contributed by atoms with E-state index in [1.165, 1.54) is 11.8 Å². The van der Waals surface area contributed by atoms with Gasteiger partial charge in [-0.25, -0.2) is 4.98 Å². The number of carbonyl (C=O) groups is 1. The molecule has 0 amide bonds. The van der Waals surface area contributed by atoms with Crippen molar-refractivity contribution in [3.05, 3.63) is 99.8 Å². The fourth-order valence-electron chi connectivity index (χ4n) is 3.35. The van der Waals surface area contributed by atoms with Crippen LogP contribution in [0.2, 0.25) is 0 Å². The molecule has 4 nitrogen and oxygen atoms in total. The van der Waals surface area contributed by atoms with Gasteiger partial charge in [-0.2, -0.15) is 0 Å². The number of carbonyl (C=O) groups excluding carboxylic acids is 1. The SMILES string of the molecule is Cc1ccc(C(=O)CSc2nc3ccccc3c(=O)n2-c2ccccc2)c(C)c1. The molecule has 0 saturated carbocycles. The molecule has 0 aliphatic heterocycles. The van der Waals surface area contributed by atoms with Crippen molar-refractivity contribution < 1.29 is 4.79 Å². The predicted molar refractivity (Wildman–Crippen MR) is 118 cm³/mol. The summed E-state index contributed by atoms with van der Waals surface area (Å²) in [5.74, 6) is 0.233. The molecule has 0 spiro atoms. The summed E-state index contributed by atoms with van der Waals surface area (Å²) in [5.41, 5.74) is 4.02. The van der Waals surface area contributed by atoms with E-state index in [-0.39, 0.29) is 17.1 Å². The highest BCUT2D eigenvalue weighted by Gasteiger charge is 2.16. The van der Waals surface area contributed by atoms with E-state index in [0.29, 0.717) is 21.6 Å². The van der Waals surface area contributed by atoms with E-state index >= 15 is 0 Å². The number of fused-ring (bicyclic) bond motifs is 1. The van der Waals surface area contributed by atoms with Gasteiger partial charge in [0, 0.05) is 5.56 Å². The maximum absolute atomic E-state index is 13.2. The lowest BCUT2D eigenvalue weighted by atomic mass is 10.0. The van der Waals surface area contributed by atoms with Gasteiger partial charge in [0.25, 0.3) is 5.56 Å². The second-order valence-electron chi connectivity index (χ2n) is 6.92. The van der Waals surface area contributed by atoms with E-state index in [0.717, 1.165) is 16.8 Å². The summed E-state index contributed by atoms with van der Waals surface area (Å²) in [6, 6.07) is 22.5. The van der Waals surface area contributed by atoms with Crippen molar-refractivity contribution in [1.82, 2.24) is 9.55 Å². The van der Waals surface area contributed by atoms with Gasteiger partial charge >= 0.3 is 0 Å². The van der Waals surface area contributed by atoms with Crippen LogP contribution in [0.3, 0.4) is 0 Å². The maximum atomic E-state index is 13.2. The zero-order valence-corrected chi connectivity index (χ0v) is 17.1. The molecule has 0 aliphatic carbocycles. The third kappa shape index (κ3) is 3.87. The number of rotatable bonds is 5. The molecule has 0 radical (unpaired) electrons. The van der Waals surface area contributed by atoms with Gasteiger partial charge in [0.15, 0.2) is 10.9 Å². The lowest BCUT2D eigenvalue weighted by Crippen LogP contribution is -2.22. The Labute approximate surface area is 173 Å². The van der Waals surface area contributed by atoms with Gasteiger partial charge in [-0.05, 0) is 43.7 Å². The van der Waals surface area contributed by atoms with Gasteiger partial charge in [-0.15, -0.1) is 0 Å². The Bertz CT molecular complexity index is 1260. The lowest BCUT2D eigenvalue weighted by Gasteiger charge is -2.13. The van der Waals surface area contributed by atoms with Crippen LogP contribution in [0.25, 0.3) is 16.6 Å². The molecule has 0 N–H and O–H groups in total. The minimum atomic E-state index is -0.136. The van der Waals surface area contributed by atoms with Crippen molar-refractivity contribution in [2.75, 3.05) is 5.75 Å². The smallest absolute Gasteiger partial charge is 0.266 e. The van der Waals surface area contributed by atoms with Crippen LogP contribution in [0.5, 0.6) is 0 Å². The molecule has 3 aromatic carbocycles. The number of benzene rings is 3. The van der Waals surface area contributed by atoms with Crippen molar-refractivity contribution in [3.8, 4) is 5.69 Å². The molecule has 1 aromatic heterocycles. The summed E-state index contributed by atoms with van der Waals surface area (Å²) in [6.07, 6.45) is 0. The zero-order chi connectivity index (χ0) is 20.4. The summed E-state index contributed by atoms with van der Waals surface area (Å²) in [7, 11) is 0. The average molecular weight is 401 g/mol. The van der Waals surface area contributed by atoms with Crippen molar-refractivity contribution >= 4 is 28.4 Å². The van der Waals surface area contributed by atoms with Crippen molar-refractivity contribution in [2.45, 2.75) is 19.0 Å². The molecule has 0 aliphatic rings. The van der Waals surface area contributed by atoms with Gasteiger partial charge in [0.05, 0.1) is 22.3 Å². The number of nitrogens with zero attached hydrogens (tertiary/aromatic N) is 2. The Morgan fingerprint density at radius 2 is 1.69 bits per heavy atom. The molecule has 0 atom stereocenters. The van der Waals surface area contributed by atoms with Crippen LogP contribution >= 0.6 is 11.8 Å². The van der Waals surface area contributed by atoms with E-state index in [1.807, 2.05) is 80.6 Å². The summed E-state index contributed by atoms with van der Waals surface area (Å²) >= 11 is 1.29. The molecular formula is C24H20N2O2S. The Hall–Kier alpha value is -3.18. The van der Waals surface area contributed by atoms with Crippen LogP contribution in [-0.2, 0) is 0 Å². The Morgan fingerprint density at radius 3 is 2.45 bits per heavy atom. The first-order valence-corrected chi connectivity index (χ1v) is 10.3. The van der Waals surface area contributed by atoms with Gasteiger partial charge in [0.1, 0.15) is 0 Å². The minimum absolute atomic E-state index is 0.0227. The number of hydrogen-bond donors (Lipinski definition) is 0. The summed E-state index contributed by atoms with van der Waals surface area (Å²) in [4.78, 5) is 30.7. The second kappa shape index (κ2) is 8.05. The number of aryl methyl sites for hydroxylation is 2. The van der Waals surface area contributed by atoms with E-state index in [9.17, 15) is 9.59 Å².